The van der Waals surface area contributed by atoms with Crippen molar-refractivity contribution < 1.29 is 22.8 Å². The van der Waals surface area contributed by atoms with Gasteiger partial charge in [0.2, 0.25) is 23.7 Å². The fraction of sp³-hybridized carbons (Fsp3) is 0.471. The number of fused-ring (bicyclic) bond motifs is 2. The predicted octanol–water partition coefficient (Wildman–Crippen LogP) is 5.66. The number of benzene rings is 2. The molecule has 7 N–H and O–H groups in total. The van der Waals surface area contributed by atoms with Gasteiger partial charge in [-0.2, -0.15) is 9.97 Å². The van der Waals surface area contributed by atoms with Crippen LogP contribution in [0.15, 0.2) is 30.3 Å². The predicted molar refractivity (Wildman–Crippen MR) is 187 cm³/mol. The highest BCUT2D eigenvalue weighted by Crippen LogP contribution is 2.30. The monoisotopic (exact) mass is 682 g/mol. The SMILES string of the molecule is CCCCC(C)(CNC(C)=O)Nc1nc(NCCCCC(C)(CNC(C)=O)Nc2nc(N)nc3cc(F)c(F)cc23)nc2cc(F)ccc12. The number of halogens is 3. The summed E-state index contributed by atoms with van der Waals surface area (Å²) < 4.78 is 42.3. The van der Waals surface area contributed by atoms with E-state index in [9.17, 15) is 22.8 Å². The van der Waals surface area contributed by atoms with Crippen molar-refractivity contribution in [1.82, 2.24) is 30.6 Å². The number of nitrogens with zero attached hydrogens (tertiary/aromatic N) is 4. The maximum atomic E-state index is 14.3. The van der Waals surface area contributed by atoms with E-state index in [0.717, 1.165) is 31.4 Å². The molecule has 2 heterocycles. The Morgan fingerprint density at radius 3 is 1.98 bits per heavy atom. The van der Waals surface area contributed by atoms with Crippen molar-refractivity contribution in [3.05, 3.63) is 47.8 Å². The Bertz CT molecular complexity index is 1810. The van der Waals surface area contributed by atoms with E-state index >= 15 is 0 Å². The second-order valence-electron chi connectivity index (χ2n) is 12.9. The summed E-state index contributed by atoms with van der Waals surface area (Å²) in [6.07, 6.45) is 4.54. The Labute approximate surface area is 283 Å². The Hall–Kier alpha value is -4.95. The van der Waals surface area contributed by atoms with Crippen LogP contribution in [-0.4, -0.2) is 62.5 Å². The summed E-state index contributed by atoms with van der Waals surface area (Å²) in [4.78, 5) is 41.1. The van der Waals surface area contributed by atoms with Crippen LogP contribution in [0.3, 0.4) is 0 Å². The smallest absolute Gasteiger partial charge is 0.225 e. The highest BCUT2D eigenvalue weighted by molar-refractivity contribution is 5.91. The van der Waals surface area contributed by atoms with Crippen LogP contribution >= 0.6 is 0 Å². The first-order valence-electron chi connectivity index (χ1n) is 16.4. The molecule has 0 radical (unpaired) electrons. The van der Waals surface area contributed by atoms with Crippen molar-refractivity contribution in [3.63, 3.8) is 0 Å². The average molecular weight is 683 g/mol. The van der Waals surface area contributed by atoms with Gasteiger partial charge in [0.1, 0.15) is 17.5 Å². The number of nitrogens with one attached hydrogen (secondary N) is 5. The summed E-state index contributed by atoms with van der Waals surface area (Å²) in [6.45, 7) is 9.95. The number of aromatic nitrogens is 4. The van der Waals surface area contributed by atoms with Crippen molar-refractivity contribution in [2.75, 3.05) is 41.3 Å². The van der Waals surface area contributed by atoms with E-state index in [4.69, 9.17) is 10.7 Å². The average Bonchev–Trinajstić information content (AvgIpc) is 3.02. The zero-order valence-electron chi connectivity index (χ0n) is 28.6. The number of unbranched alkanes of at least 4 members (excludes halogenated alkanes) is 2. The van der Waals surface area contributed by atoms with Gasteiger partial charge in [0.15, 0.2) is 11.6 Å². The lowest BCUT2D eigenvalue weighted by molar-refractivity contribution is -0.120. The first kappa shape index (κ1) is 36.9. The molecule has 4 aromatic rings. The number of hydrogen-bond donors (Lipinski definition) is 6. The van der Waals surface area contributed by atoms with Gasteiger partial charge in [0.05, 0.1) is 22.1 Å². The minimum absolute atomic E-state index is 0.114. The van der Waals surface area contributed by atoms with Crippen LogP contribution in [0.5, 0.6) is 0 Å². The topological polar surface area (TPSA) is 172 Å². The molecule has 12 nitrogen and oxygen atoms in total. The molecule has 264 valence electrons. The molecule has 0 aliphatic heterocycles. The van der Waals surface area contributed by atoms with Gasteiger partial charge < -0.3 is 32.3 Å². The van der Waals surface area contributed by atoms with Gasteiger partial charge in [-0.15, -0.1) is 0 Å². The van der Waals surface area contributed by atoms with Crippen molar-refractivity contribution in [3.8, 4) is 0 Å². The molecular formula is C34H45F3N10O2. The van der Waals surface area contributed by atoms with Gasteiger partial charge in [-0.3, -0.25) is 9.59 Å². The molecule has 0 spiro atoms. The summed E-state index contributed by atoms with van der Waals surface area (Å²) >= 11 is 0. The minimum atomic E-state index is -1.05. The van der Waals surface area contributed by atoms with Crippen LogP contribution < -0.4 is 32.3 Å². The van der Waals surface area contributed by atoms with Gasteiger partial charge in [0.25, 0.3) is 0 Å². The molecule has 2 atom stereocenters. The highest BCUT2D eigenvalue weighted by atomic mass is 19.2. The fourth-order valence-corrected chi connectivity index (χ4v) is 5.52. The number of hydrogen-bond acceptors (Lipinski definition) is 10. The van der Waals surface area contributed by atoms with Gasteiger partial charge >= 0.3 is 0 Å². The summed E-state index contributed by atoms with van der Waals surface area (Å²) in [5, 5.41) is 16.7. The Kier molecular flexibility index (Phi) is 12.0. The molecule has 0 aliphatic carbocycles. The molecule has 4 rings (SSSR count). The molecular weight excluding hydrogens is 637 g/mol. The molecule has 0 saturated heterocycles. The summed E-state index contributed by atoms with van der Waals surface area (Å²) in [5.74, 6) is -1.95. The van der Waals surface area contributed by atoms with Crippen LogP contribution in [0.1, 0.15) is 73.1 Å². The number of nitrogen functional groups attached to an aromatic ring is 1. The van der Waals surface area contributed by atoms with Crippen molar-refractivity contribution >= 4 is 57.2 Å². The number of amides is 2. The maximum Gasteiger partial charge on any atom is 0.225 e. The fourth-order valence-electron chi connectivity index (χ4n) is 5.52. The van der Waals surface area contributed by atoms with Gasteiger partial charge in [-0.1, -0.05) is 19.8 Å². The number of rotatable bonds is 17. The normalized spacial score (nSPS) is 13.8. The number of carbonyl (C=O) groups excluding carboxylic acids is 2. The molecule has 2 amide bonds. The lowest BCUT2D eigenvalue weighted by Gasteiger charge is -2.32. The van der Waals surface area contributed by atoms with Crippen LogP contribution in [-0.2, 0) is 9.59 Å². The van der Waals surface area contributed by atoms with Crippen LogP contribution in [0.25, 0.3) is 21.8 Å². The van der Waals surface area contributed by atoms with Crippen LogP contribution in [0.4, 0.5) is 36.7 Å². The molecule has 0 fully saturated rings. The third-order valence-electron chi connectivity index (χ3n) is 8.23. The molecule has 0 bridgehead atoms. The molecule has 2 aromatic heterocycles. The van der Waals surface area contributed by atoms with Gasteiger partial charge in [-0.05, 0) is 57.7 Å². The van der Waals surface area contributed by atoms with E-state index in [0.29, 0.717) is 55.0 Å². The number of anilines is 4. The molecule has 15 heteroatoms. The van der Waals surface area contributed by atoms with Crippen molar-refractivity contribution in [2.45, 2.75) is 84.2 Å². The third-order valence-corrected chi connectivity index (χ3v) is 8.23. The largest absolute Gasteiger partial charge is 0.368 e. The quantitative estimate of drug-likeness (QED) is 0.0764. The van der Waals surface area contributed by atoms with Gasteiger partial charge in [0, 0.05) is 56.4 Å². The Morgan fingerprint density at radius 1 is 0.755 bits per heavy atom. The zero-order chi connectivity index (χ0) is 35.8. The van der Waals surface area contributed by atoms with Crippen molar-refractivity contribution in [2.24, 2.45) is 0 Å². The first-order valence-corrected chi connectivity index (χ1v) is 16.4. The van der Waals surface area contributed by atoms with E-state index in [-0.39, 0.29) is 41.0 Å². The van der Waals surface area contributed by atoms with E-state index in [1.54, 1.807) is 6.07 Å². The summed E-state index contributed by atoms with van der Waals surface area (Å²) in [7, 11) is 0. The van der Waals surface area contributed by atoms with Gasteiger partial charge in [-0.25, -0.2) is 23.1 Å². The molecule has 2 aromatic carbocycles. The highest BCUT2D eigenvalue weighted by Gasteiger charge is 2.28. The first-order chi connectivity index (χ1) is 23.2. The standard InChI is InChI=1S/C34H45F3N10O2/c1-6-7-12-33(4,18-40-20(2)48)46-29-23-11-10-22(35)15-27(23)43-32(45-29)39-14-9-8-13-34(5,19-41-21(3)49)47-30-24-16-25(36)26(37)17-28(24)42-31(38)44-30/h10-11,15-17H,6-9,12-14,18-19H2,1-5H3,(H,40,48)(H,41,49)(H3,38,42,44,47)(H2,39,43,45,46). The minimum Gasteiger partial charge on any atom is -0.368 e. The third kappa shape index (κ3) is 10.3. The summed E-state index contributed by atoms with van der Waals surface area (Å²) in [6, 6.07) is 6.33. The molecule has 2 unspecified atom stereocenters. The van der Waals surface area contributed by atoms with Crippen molar-refractivity contribution in [1.29, 1.82) is 0 Å². The number of carbonyl (C=O) groups is 2. The second-order valence-corrected chi connectivity index (χ2v) is 12.9. The lowest BCUT2D eigenvalue weighted by Crippen LogP contribution is -2.46. The van der Waals surface area contributed by atoms with E-state index in [1.165, 1.54) is 26.0 Å². The molecule has 49 heavy (non-hydrogen) atoms. The Morgan fingerprint density at radius 2 is 1.35 bits per heavy atom. The van der Waals surface area contributed by atoms with Crippen LogP contribution in [0.2, 0.25) is 0 Å². The molecule has 0 aliphatic rings. The number of nitrogens with two attached hydrogens (primary N) is 1. The zero-order valence-corrected chi connectivity index (χ0v) is 28.6. The summed E-state index contributed by atoms with van der Waals surface area (Å²) in [5.41, 5.74) is 5.18. The molecule has 0 saturated carbocycles. The lowest BCUT2D eigenvalue weighted by atomic mass is 9.94. The Balaban J connectivity index is 1.49. The second kappa shape index (κ2) is 16.0. The van der Waals surface area contributed by atoms with E-state index in [2.05, 4.69) is 48.5 Å². The van der Waals surface area contributed by atoms with E-state index in [1.807, 2.05) is 13.8 Å². The maximum absolute atomic E-state index is 14.3. The van der Waals surface area contributed by atoms with Crippen LogP contribution in [0, 0.1) is 17.5 Å². The van der Waals surface area contributed by atoms with E-state index < -0.39 is 28.5 Å².